The van der Waals surface area contributed by atoms with Crippen LogP contribution in [0.3, 0.4) is 0 Å². The van der Waals surface area contributed by atoms with Crippen molar-refractivity contribution in [1.82, 2.24) is 0 Å². The van der Waals surface area contributed by atoms with Crippen LogP contribution in [0.25, 0.3) is 20.2 Å². The molecule has 2 heterocycles. The van der Waals surface area contributed by atoms with Crippen LogP contribution in [0.5, 0.6) is 5.06 Å². The average Bonchev–Trinajstić information content (AvgIpc) is 2.63. The highest BCUT2D eigenvalue weighted by atomic mass is 32.1. The van der Waals surface area contributed by atoms with Crippen LogP contribution in [0.2, 0.25) is 0 Å². The van der Waals surface area contributed by atoms with Crippen molar-refractivity contribution >= 4 is 42.8 Å². The third-order valence-electron chi connectivity index (χ3n) is 2.08. The molecule has 3 rings (SSSR count). The van der Waals surface area contributed by atoms with Gasteiger partial charge in [-0.1, -0.05) is 11.3 Å². The Morgan fingerprint density at radius 1 is 1.00 bits per heavy atom. The lowest BCUT2D eigenvalue weighted by atomic mass is 10.2. The van der Waals surface area contributed by atoms with E-state index in [1.165, 1.54) is 21.4 Å². The molecule has 64 valence electrons. The maximum Gasteiger partial charge on any atom is 0.172 e. The first-order valence-corrected chi connectivity index (χ1v) is 5.62. The number of aromatic hydroxyl groups is 1. The van der Waals surface area contributed by atoms with E-state index in [0.717, 1.165) is 10.1 Å². The van der Waals surface area contributed by atoms with Gasteiger partial charge in [-0.2, -0.15) is 0 Å². The summed E-state index contributed by atoms with van der Waals surface area (Å²) in [6.45, 7) is 0. The Morgan fingerprint density at radius 2 is 1.85 bits per heavy atom. The number of fused-ring (bicyclic) bond motifs is 2. The van der Waals surface area contributed by atoms with Crippen LogP contribution in [-0.2, 0) is 0 Å². The van der Waals surface area contributed by atoms with Gasteiger partial charge in [0.2, 0.25) is 0 Å². The largest absolute Gasteiger partial charge is 0.499 e. The monoisotopic (exact) mass is 206 g/mol. The van der Waals surface area contributed by atoms with Gasteiger partial charge in [-0.25, -0.2) is 0 Å². The molecule has 0 radical (unpaired) electrons. The van der Waals surface area contributed by atoms with Crippen molar-refractivity contribution in [2.24, 2.45) is 0 Å². The summed E-state index contributed by atoms with van der Waals surface area (Å²) >= 11 is 3.16. The molecule has 0 aliphatic heterocycles. The van der Waals surface area contributed by atoms with Crippen LogP contribution < -0.4 is 0 Å². The van der Waals surface area contributed by atoms with Gasteiger partial charge >= 0.3 is 0 Å². The van der Waals surface area contributed by atoms with Gasteiger partial charge in [-0.3, -0.25) is 0 Å². The highest BCUT2D eigenvalue weighted by Crippen LogP contribution is 2.34. The molecule has 0 fully saturated rings. The van der Waals surface area contributed by atoms with Crippen LogP contribution in [0.1, 0.15) is 0 Å². The van der Waals surface area contributed by atoms with Gasteiger partial charge in [-0.15, -0.1) is 11.3 Å². The summed E-state index contributed by atoms with van der Waals surface area (Å²) in [6.07, 6.45) is 0. The molecule has 1 N–H and O–H groups in total. The molecule has 0 saturated carbocycles. The van der Waals surface area contributed by atoms with Crippen molar-refractivity contribution in [3.63, 3.8) is 0 Å². The standard InChI is InChI=1S/C10H6OS2/c11-10-5-7-4-8-6(1-2-12-8)3-9(7)13-10/h1-5,11H. The van der Waals surface area contributed by atoms with Gasteiger partial charge < -0.3 is 5.11 Å². The van der Waals surface area contributed by atoms with E-state index >= 15 is 0 Å². The van der Waals surface area contributed by atoms with Gasteiger partial charge in [-0.05, 0) is 40.4 Å². The Morgan fingerprint density at radius 3 is 2.77 bits per heavy atom. The Labute approximate surface area is 82.9 Å². The van der Waals surface area contributed by atoms with Crippen LogP contribution in [0.4, 0.5) is 0 Å². The second kappa shape index (κ2) is 2.47. The smallest absolute Gasteiger partial charge is 0.172 e. The van der Waals surface area contributed by atoms with Crippen LogP contribution >= 0.6 is 22.7 Å². The van der Waals surface area contributed by atoms with Crippen molar-refractivity contribution in [3.8, 4) is 5.06 Å². The van der Waals surface area contributed by atoms with E-state index in [2.05, 4.69) is 23.6 Å². The van der Waals surface area contributed by atoms with Crippen LogP contribution in [0, 0.1) is 0 Å². The van der Waals surface area contributed by atoms with E-state index in [9.17, 15) is 5.11 Å². The summed E-state index contributed by atoms with van der Waals surface area (Å²) in [4.78, 5) is 0. The van der Waals surface area contributed by atoms with Gasteiger partial charge in [0.05, 0.1) is 0 Å². The minimum atomic E-state index is 0.396. The number of hydrogen-bond acceptors (Lipinski definition) is 3. The molecule has 0 aliphatic carbocycles. The Balaban J connectivity index is 2.54. The fraction of sp³-hybridized carbons (Fsp3) is 0. The third-order valence-corrected chi connectivity index (χ3v) is 3.86. The SMILES string of the molecule is Oc1cc2cc3sccc3cc2s1. The molecule has 0 unspecified atom stereocenters. The van der Waals surface area contributed by atoms with Gasteiger partial charge in [0.25, 0.3) is 0 Å². The number of benzene rings is 1. The lowest BCUT2D eigenvalue weighted by Gasteiger charge is -1.89. The summed E-state index contributed by atoms with van der Waals surface area (Å²) < 4.78 is 2.44. The molecule has 0 saturated heterocycles. The Hall–Kier alpha value is -1.06. The van der Waals surface area contributed by atoms with Gasteiger partial charge in [0, 0.05) is 9.40 Å². The first kappa shape index (κ1) is 7.35. The number of thiophene rings is 2. The summed E-state index contributed by atoms with van der Waals surface area (Å²) in [5.41, 5.74) is 0. The quantitative estimate of drug-likeness (QED) is 0.592. The molecule has 2 aromatic heterocycles. The second-order valence-corrected chi connectivity index (χ2v) is 4.94. The van der Waals surface area contributed by atoms with E-state index in [1.54, 1.807) is 11.3 Å². The Bertz CT molecular complexity index is 529. The fourth-order valence-corrected chi connectivity index (χ4v) is 3.13. The number of rotatable bonds is 0. The third kappa shape index (κ3) is 1.04. The Kier molecular flexibility index (Phi) is 1.39. The van der Waals surface area contributed by atoms with Crippen molar-refractivity contribution in [2.45, 2.75) is 0 Å². The van der Waals surface area contributed by atoms with Gasteiger partial charge in [0.15, 0.2) is 5.06 Å². The van der Waals surface area contributed by atoms with E-state index in [-0.39, 0.29) is 0 Å². The van der Waals surface area contributed by atoms with E-state index in [0.29, 0.717) is 5.06 Å². The summed E-state index contributed by atoms with van der Waals surface area (Å²) in [6, 6.07) is 8.19. The maximum atomic E-state index is 9.32. The topological polar surface area (TPSA) is 20.2 Å². The van der Waals surface area contributed by atoms with Crippen molar-refractivity contribution in [3.05, 3.63) is 29.6 Å². The molecule has 13 heavy (non-hydrogen) atoms. The number of hydrogen-bond donors (Lipinski definition) is 1. The molecule has 3 aromatic rings. The molecular weight excluding hydrogens is 200 g/mol. The zero-order valence-corrected chi connectivity index (χ0v) is 8.28. The molecule has 1 aromatic carbocycles. The minimum absolute atomic E-state index is 0.396. The molecule has 0 amide bonds. The predicted octanol–water partition coefficient (Wildman–Crippen LogP) is 3.82. The molecule has 0 atom stereocenters. The fourth-order valence-electron chi connectivity index (χ4n) is 1.48. The van der Waals surface area contributed by atoms with Crippen molar-refractivity contribution in [1.29, 1.82) is 0 Å². The van der Waals surface area contributed by atoms with E-state index < -0.39 is 0 Å². The predicted molar refractivity (Wildman–Crippen MR) is 58.9 cm³/mol. The molecule has 0 aliphatic rings. The van der Waals surface area contributed by atoms with Crippen LogP contribution in [0.15, 0.2) is 29.6 Å². The maximum absolute atomic E-state index is 9.32. The lowest BCUT2D eigenvalue weighted by Crippen LogP contribution is -1.61. The minimum Gasteiger partial charge on any atom is -0.499 e. The second-order valence-electron chi connectivity index (χ2n) is 2.93. The zero-order chi connectivity index (χ0) is 8.84. The molecule has 3 heteroatoms. The first-order valence-electron chi connectivity index (χ1n) is 3.93. The summed E-state index contributed by atoms with van der Waals surface area (Å²) in [5.74, 6) is 0. The van der Waals surface area contributed by atoms with Crippen molar-refractivity contribution in [2.75, 3.05) is 0 Å². The first-order chi connectivity index (χ1) is 6.33. The highest BCUT2D eigenvalue weighted by molar-refractivity contribution is 7.21. The average molecular weight is 206 g/mol. The molecule has 1 nitrogen and oxygen atoms in total. The highest BCUT2D eigenvalue weighted by Gasteiger charge is 2.02. The van der Waals surface area contributed by atoms with E-state index in [1.807, 2.05) is 6.07 Å². The summed E-state index contributed by atoms with van der Waals surface area (Å²) in [5, 5.41) is 14.2. The lowest BCUT2D eigenvalue weighted by molar-refractivity contribution is 0.491. The molecule has 0 spiro atoms. The van der Waals surface area contributed by atoms with Gasteiger partial charge in [0.1, 0.15) is 0 Å². The van der Waals surface area contributed by atoms with Crippen molar-refractivity contribution < 1.29 is 5.11 Å². The zero-order valence-electron chi connectivity index (χ0n) is 6.65. The molecular formula is C10H6OS2. The normalized spacial score (nSPS) is 11.4. The summed E-state index contributed by atoms with van der Waals surface area (Å²) in [7, 11) is 0. The van der Waals surface area contributed by atoms with Crippen LogP contribution in [-0.4, -0.2) is 5.11 Å². The van der Waals surface area contributed by atoms with E-state index in [4.69, 9.17) is 0 Å². The molecule has 0 bridgehead atoms.